The van der Waals surface area contributed by atoms with Crippen LogP contribution in [0, 0.1) is 13.8 Å². The minimum absolute atomic E-state index is 0.366. The lowest BCUT2D eigenvalue weighted by molar-refractivity contribution is 0.306. The van der Waals surface area contributed by atoms with Gasteiger partial charge in [-0.25, -0.2) is 0 Å². The molecule has 6 nitrogen and oxygen atoms in total. The van der Waals surface area contributed by atoms with Crippen molar-refractivity contribution in [3.63, 3.8) is 0 Å². The summed E-state index contributed by atoms with van der Waals surface area (Å²) in [4.78, 5) is 7.00. The number of nitrogens with zero attached hydrogens (tertiary/aromatic N) is 4. The monoisotopic (exact) mass is 288 g/mol. The van der Waals surface area contributed by atoms with Crippen molar-refractivity contribution in [2.24, 2.45) is 0 Å². The molecule has 6 heteroatoms. The summed E-state index contributed by atoms with van der Waals surface area (Å²) in [7, 11) is 0. The van der Waals surface area contributed by atoms with Crippen LogP contribution in [0.15, 0.2) is 9.05 Å². The van der Waals surface area contributed by atoms with Gasteiger partial charge in [0, 0.05) is 24.6 Å². The van der Waals surface area contributed by atoms with E-state index in [0.29, 0.717) is 11.8 Å². The second kappa shape index (κ2) is 4.94. The van der Waals surface area contributed by atoms with Gasteiger partial charge in [-0.3, -0.25) is 4.90 Å². The van der Waals surface area contributed by atoms with Crippen LogP contribution < -0.4 is 0 Å². The van der Waals surface area contributed by atoms with Gasteiger partial charge in [0.05, 0.1) is 11.6 Å². The zero-order valence-corrected chi connectivity index (χ0v) is 12.5. The summed E-state index contributed by atoms with van der Waals surface area (Å²) in [6.07, 6.45) is 3.50. The molecule has 3 heterocycles. The van der Waals surface area contributed by atoms with Gasteiger partial charge in [0.2, 0.25) is 5.89 Å². The van der Waals surface area contributed by atoms with Crippen molar-refractivity contribution in [1.29, 1.82) is 0 Å². The topological polar surface area (TPSA) is 68.2 Å². The van der Waals surface area contributed by atoms with Crippen molar-refractivity contribution in [2.75, 3.05) is 13.1 Å². The molecular weight excluding hydrogens is 268 g/mol. The number of rotatable bonds is 4. The third-order valence-corrected chi connectivity index (χ3v) is 4.58. The van der Waals surface area contributed by atoms with Crippen molar-refractivity contribution in [2.45, 2.75) is 51.5 Å². The SMILES string of the molecule is Cc1noc(C)c1CN1CCC(c2nc(C3CC3)no2)C1. The average Bonchev–Trinajstić information content (AvgIpc) is 2.91. The Labute approximate surface area is 123 Å². The maximum absolute atomic E-state index is 5.46. The van der Waals surface area contributed by atoms with Gasteiger partial charge in [0.25, 0.3) is 0 Å². The van der Waals surface area contributed by atoms with Crippen LogP contribution in [0.1, 0.15) is 59.8 Å². The van der Waals surface area contributed by atoms with Crippen molar-refractivity contribution < 1.29 is 9.05 Å². The molecular formula is C15H20N4O2. The first-order valence-electron chi connectivity index (χ1n) is 7.68. The minimum atomic E-state index is 0.366. The molecule has 2 fully saturated rings. The minimum Gasteiger partial charge on any atom is -0.361 e. The summed E-state index contributed by atoms with van der Waals surface area (Å²) in [6, 6.07) is 0. The smallest absolute Gasteiger partial charge is 0.231 e. The molecule has 1 aliphatic carbocycles. The molecule has 0 spiro atoms. The third kappa shape index (κ3) is 2.48. The first-order chi connectivity index (χ1) is 10.2. The molecule has 21 heavy (non-hydrogen) atoms. The van der Waals surface area contributed by atoms with E-state index in [1.165, 1.54) is 18.4 Å². The van der Waals surface area contributed by atoms with E-state index in [1.54, 1.807) is 0 Å². The predicted molar refractivity (Wildman–Crippen MR) is 74.9 cm³/mol. The van der Waals surface area contributed by atoms with Crippen molar-refractivity contribution in [3.05, 3.63) is 28.7 Å². The number of aryl methyl sites for hydroxylation is 2. The molecule has 2 aliphatic rings. The quantitative estimate of drug-likeness (QED) is 0.861. The molecule has 112 valence electrons. The summed E-state index contributed by atoms with van der Waals surface area (Å²) in [6.45, 7) is 6.88. The fraction of sp³-hybridized carbons (Fsp3) is 0.667. The highest BCUT2D eigenvalue weighted by Crippen LogP contribution is 2.39. The molecule has 0 N–H and O–H groups in total. The van der Waals surface area contributed by atoms with Crippen LogP contribution in [0.2, 0.25) is 0 Å². The van der Waals surface area contributed by atoms with Gasteiger partial charge in [-0.1, -0.05) is 10.3 Å². The zero-order valence-electron chi connectivity index (χ0n) is 12.5. The van der Waals surface area contributed by atoms with E-state index < -0.39 is 0 Å². The Morgan fingerprint density at radius 1 is 1.10 bits per heavy atom. The summed E-state index contributed by atoms with van der Waals surface area (Å²) in [5, 5.41) is 8.14. The van der Waals surface area contributed by atoms with Crippen LogP contribution in [0.4, 0.5) is 0 Å². The van der Waals surface area contributed by atoms with E-state index in [9.17, 15) is 0 Å². The van der Waals surface area contributed by atoms with E-state index >= 15 is 0 Å². The van der Waals surface area contributed by atoms with Crippen LogP contribution in [-0.4, -0.2) is 33.3 Å². The molecule has 1 atom stereocenters. The zero-order chi connectivity index (χ0) is 14.4. The summed E-state index contributed by atoms with van der Waals surface area (Å²) in [5.41, 5.74) is 2.20. The highest BCUT2D eigenvalue weighted by molar-refractivity contribution is 5.21. The van der Waals surface area contributed by atoms with Gasteiger partial charge in [-0.2, -0.15) is 4.98 Å². The third-order valence-electron chi connectivity index (χ3n) is 4.58. The summed E-state index contributed by atoms with van der Waals surface area (Å²) in [5.74, 6) is 3.57. The van der Waals surface area contributed by atoms with Gasteiger partial charge in [-0.05, 0) is 39.7 Å². The molecule has 1 aliphatic heterocycles. The molecule has 1 saturated carbocycles. The first kappa shape index (κ1) is 13.0. The lowest BCUT2D eigenvalue weighted by Gasteiger charge is -2.14. The Hall–Kier alpha value is -1.69. The van der Waals surface area contributed by atoms with Crippen LogP contribution in [0.5, 0.6) is 0 Å². The summed E-state index contributed by atoms with van der Waals surface area (Å²) < 4.78 is 10.7. The normalized spacial score (nSPS) is 23.0. The Kier molecular flexibility index (Phi) is 3.06. The number of hydrogen-bond donors (Lipinski definition) is 0. The Bertz CT molecular complexity index is 624. The van der Waals surface area contributed by atoms with E-state index in [0.717, 1.165) is 49.2 Å². The standard InChI is InChI=1S/C15H20N4O2/c1-9-13(10(2)20-17-9)8-19-6-5-12(7-19)15-16-14(18-21-15)11-3-4-11/h11-12H,3-8H2,1-2H3. The lowest BCUT2D eigenvalue weighted by atomic mass is 10.1. The predicted octanol–water partition coefficient (Wildman–Crippen LogP) is 2.54. The molecule has 1 saturated heterocycles. The van der Waals surface area contributed by atoms with E-state index in [1.807, 2.05) is 13.8 Å². The fourth-order valence-corrected chi connectivity index (χ4v) is 3.05. The van der Waals surface area contributed by atoms with Crippen molar-refractivity contribution in [3.8, 4) is 0 Å². The maximum Gasteiger partial charge on any atom is 0.231 e. The van der Waals surface area contributed by atoms with Crippen molar-refractivity contribution >= 4 is 0 Å². The highest BCUT2D eigenvalue weighted by atomic mass is 16.5. The van der Waals surface area contributed by atoms with E-state index in [-0.39, 0.29) is 0 Å². The molecule has 0 amide bonds. The van der Waals surface area contributed by atoms with Gasteiger partial charge >= 0.3 is 0 Å². The van der Waals surface area contributed by atoms with Crippen LogP contribution >= 0.6 is 0 Å². The van der Waals surface area contributed by atoms with Crippen molar-refractivity contribution in [1.82, 2.24) is 20.2 Å². The Morgan fingerprint density at radius 2 is 1.95 bits per heavy atom. The lowest BCUT2D eigenvalue weighted by Crippen LogP contribution is -2.20. The van der Waals surface area contributed by atoms with Gasteiger partial charge in [0.1, 0.15) is 5.76 Å². The molecule has 4 rings (SSSR count). The molecule has 0 aromatic carbocycles. The fourth-order valence-electron chi connectivity index (χ4n) is 3.05. The number of likely N-dealkylation sites (tertiary alicyclic amines) is 1. The molecule has 2 aromatic heterocycles. The van der Waals surface area contributed by atoms with Crippen LogP contribution in [0.25, 0.3) is 0 Å². The van der Waals surface area contributed by atoms with Gasteiger partial charge < -0.3 is 9.05 Å². The molecule has 0 radical (unpaired) electrons. The summed E-state index contributed by atoms with van der Waals surface area (Å²) >= 11 is 0. The van der Waals surface area contributed by atoms with E-state index in [2.05, 4.69) is 20.2 Å². The molecule has 0 bridgehead atoms. The average molecular weight is 288 g/mol. The first-order valence-corrected chi connectivity index (χ1v) is 7.68. The largest absolute Gasteiger partial charge is 0.361 e. The van der Waals surface area contributed by atoms with Crippen LogP contribution in [0.3, 0.4) is 0 Å². The Balaban J connectivity index is 1.42. The molecule has 1 unspecified atom stereocenters. The number of aromatic nitrogens is 3. The molecule has 2 aromatic rings. The Morgan fingerprint density at radius 3 is 2.67 bits per heavy atom. The number of hydrogen-bond acceptors (Lipinski definition) is 6. The second-order valence-corrected chi connectivity index (χ2v) is 6.29. The van der Waals surface area contributed by atoms with Gasteiger partial charge in [0.15, 0.2) is 5.82 Å². The second-order valence-electron chi connectivity index (χ2n) is 6.29. The maximum atomic E-state index is 5.46. The highest BCUT2D eigenvalue weighted by Gasteiger charge is 2.33. The van der Waals surface area contributed by atoms with Gasteiger partial charge in [-0.15, -0.1) is 0 Å². The van der Waals surface area contributed by atoms with Crippen LogP contribution in [-0.2, 0) is 6.54 Å². The van der Waals surface area contributed by atoms with E-state index in [4.69, 9.17) is 9.05 Å².